The predicted octanol–water partition coefficient (Wildman–Crippen LogP) is 4.00. The Kier molecular flexibility index (Phi) is 4.75. The molecule has 1 rings (SSSR count). The Balaban J connectivity index is 3.01. The van der Waals surface area contributed by atoms with Crippen LogP contribution in [0.3, 0.4) is 0 Å². The van der Waals surface area contributed by atoms with Crippen LogP contribution in [0.2, 0.25) is 0 Å². The Morgan fingerprint density at radius 3 is 1.78 bits per heavy atom. The summed E-state index contributed by atoms with van der Waals surface area (Å²) in [7, 11) is 0. The third-order valence-electron chi connectivity index (χ3n) is 3.23. The van der Waals surface area contributed by atoms with Gasteiger partial charge in [0.2, 0.25) is 0 Å². The van der Waals surface area contributed by atoms with Crippen LogP contribution in [0, 0.1) is 0 Å². The van der Waals surface area contributed by atoms with Crippen LogP contribution in [-0.4, -0.2) is 36.1 Å². The van der Waals surface area contributed by atoms with E-state index in [9.17, 15) is 22.0 Å². The van der Waals surface area contributed by atoms with Crippen molar-refractivity contribution in [2.24, 2.45) is 0 Å². The van der Waals surface area contributed by atoms with Crippen LogP contribution in [0.25, 0.3) is 0 Å². The number of nitrogens with zero attached hydrogens (tertiary/aromatic N) is 1. The zero-order valence-electron chi connectivity index (χ0n) is 10.4. The first-order valence-electron chi connectivity index (χ1n) is 6.02. The third kappa shape index (κ3) is 3.43. The molecule has 0 aromatic carbocycles. The number of hydrogen-bond acceptors (Lipinski definition) is 1. The zero-order valence-corrected chi connectivity index (χ0v) is 10.4. The van der Waals surface area contributed by atoms with Gasteiger partial charge in [-0.2, -0.15) is 22.0 Å². The molecular weight excluding hydrogens is 253 g/mol. The fourth-order valence-electron chi connectivity index (χ4n) is 2.23. The van der Waals surface area contributed by atoms with Gasteiger partial charge in [-0.25, -0.2) is 0 Å². The highest BCUT2D eigenvalue weighted by atomic mass is 19.4. The topological polar surface area (TPSA) is 3.24 Å². The highest BCUT2D eigenvalue weighted by Gasteiger charge is 2.58. The van der Waals surface area contributed by atoms with Gasteiger partial charge < -0.3 is 0 Å². The van der Waals surface area contributed by atoms with Crippen molar-refractivity contribution in [3.8, 4) is 0 Å². The Bertz CT molecular complexity index is 289. The van der Waals surface area contributed by atoms with E-state index in [4.69, 9.17) is 0 Å². The SMILES string of the molecule is C=C(C)C(F)(F)C(N1CCCCCC1)C(F)(F)F. The third-order valence-corrected chi connectivity index (χ3v) is 3.23. The van der Waals surface area contributed by atoms with Crippen LogP contribution in [0.15, 0.2) is 12.2 Å². The molecule has 0 saturated carbocycles. The summed E-state index contributed by atoms with van der Waals surface area (Å²) in [5.74, 6) is -3.94. The monoisotopic (exact) mass is 271 g/mol. The predicted molar refractivity (Wildman–Crippen MR) is 59.6 cm³/mol. The first-order chi connectivity index (χ1) is 8.17. The summed E-state index contributed by atoms with van der Waals surface area (Å²) in [5.41, 5.74) is -0.742. The van der Waals surface area contributed by atoms with E-state index in [1.165, 1.54) is 0 Å². The Hall–Kier alpha value is -0.650. The van der Waals surface area contributed by atoms with Gasteiger partial charge in [-0.15, -0.1) is 0 Å². The molecule has 1 nitrogen and oxygen atoms in total. The maximum atomic E-state index is 13.8. The summed E-state index contributed by atoms with van der Waals surface area (Å²) >= 11 is 0. The molecule has 1 fully saturated rings. The largest absolute Gasteiger partial charge is 0.410 e. The number of hydrogen-bond donors (Lipinski definition) is 0. The maximum absolute atomic E-state index is 13.8. The highest BCUT2D eigenvalue weighted by molar-refractivity contribution is 5.12. The summed E-state index contributed by atoms with van der Waals surface area (Å²) in [5, 5.41) is 0. The molecule has 0 radical (unpaired) electrons. The molecule has 1 unspecified atom stereocenters. The van der Waals surface area contributed by atoms with E-state index in [2.05, 4.69) is 6.58 Å². The maximum Gasteiger partial charge on any atom is 0.410 e. The fraction of sp³-hybridized carbons (Fsp3) is 0.833. The van der Waals surface area contributed by atoms with E-state index in [0.717, 1.165) is 24.7 Å². The van der Waals surface area contributed by atoms with Gasteiger partial charge in [0.1, 0.15) is 0 Å². The van der Waals surface area contributed by atoms with Crippen molar-refractivity contribution in [3.05, 3.63) is 12.2 Å². The summed E-state index contributed by atoms with van der Waals surface area (Å²) in [6.45, 7) is 4.07. The van der Waals surface area contributed by atoms with Crippen LogP contribution in [-0.2, 0) is 0 Å². The summed E-state index contributed by atoms with van der Waals surface area (Å²) < 4.78 is 66.3. The second kappa shape index (κ2) is 5.55. The van der Waals surface area contributed by atoms with Crippen LogP contribution >= 0.6 is 0 Å². The lowest BCUT2D eigenvalue weighted by molar-refractivity contribution is -0.236. The minimum absolute atomic E-state index is 0.0625. The first-order valence-corrected chi connectivity index (χ1v) is 6.02. The standard InChI is InChI=1S/C12H18F5N/c1-9(2)11(13,14)10(12(15,16)17)18-7-5-3-4-6-8-18/h10H,1,3-8H2,2H3. The molecule has 1 heterocycles. The van der Waals surface area contributed by atoms with Gasteiger partial charge in [0, 0.05) is 0 Å². The molecule has 0 amide bonds. The summed E-state index contributed by atoms with van der Waals surface area (Å²) in [6, 6.07) is -2.75. The van der Waals surface area contributed by atoms with Crippen molar-refractivity contribution >= 4 is 0 Å². The minimum Gasteiger partial charge on any atom is -0.287 e. The van der Waals surface area contributed by atoms with E-state index in [0.29, 0.717) is 12.8 Å². The highest BCUT2D eigenvalue weighted by Crippen LogP contribution is 2.40. The van der Waals surface area contributed by atoms with Gasteiger partial charge >= 0.3 is 6.18 Å². The first kappa shape index (κ1) is 15.4. The van der Waals surface area contributed by atoms with E-state index < -0.39 is 23.7 Å². The number of likely N-dealkylation sites (tertiary alicyclic amines) is 1. The second-order valence-corrected chi connectivity index (χ2v) is 4.80. The van der Waals surface area contributed by atoms with Gasteiger partial charge in [-0.3, -0.25) is 4.90 Å². The molecule has 0 spiro atoms. The molecule has 1 aliphatic heterocycles. The quantitative estimate of drug-likeness (QED) is 0.554. The van der Waals surface area contributed by atoms with Crippen LogP contribution in [0.5, 0.6) is 0 Å². The van der Waals surface area contributed by atoms with Crippen LogP contribution in [0.1, 0.15) is 32.6 Å². The average molecular weight is 271 g/mol. The molecule has 0 aromatic heterocycles. The number of alkyl halides is 5. The number of rotatable bonds is 3. The molecule has 18 heavy (non-hydrogen) atoms. The van der Waals surface area contributed by atoms with Crippen molar-refractivity contribution in [2.75, 3.05) is 13.1 Å². The average Bonchev–Trinajstić information content (AvgIpc) is 2.43. The second-order valence-electron chi connectivity index (χ2n) is 4.80. The molecule has 0 aromatic rings. The van der Waals surface area contributed by atoms with Crippen molar-refractivity contribution in [2.45, 2.75) is 50.7 Å². The van der Waals surface area contributed by atoms with Crippen molar-refractivity contribution < 1.29 is 22.0 Å². The lowest BCUT2D eigenvalue weighted by Gasteiger charge is -2.37. The van der Waals surface area contributed by atoms with Crippen molar-refractivity contribution in [1.82, 2.24) is 4.90 Å². The van der Waals surface area contributed by atoms with E-state index >= 15 is 0 Å². The van der Waals surface area contributed by atoms with Crippen molar-refractivity contribution in [1.29, 1.82) is 0 Å². The Morgan fingerprint density at radius 2 is 1.44 bits per heavy atom. The molecular formula is C12H18F5N. The summed E-state index contributed by atoms with van der Waals surface area (Å²) in [4.78, 5) is 0.863. The molecule has 6 heteroatoms. The molecule has 0 aliphatic carbocycles. The molecule has 1 saturated heterocycles. The normalized spacial score (nSPS) is 21.4. The minimum atomic E-state index is -4.95. The molecule has 1 aliphatic rings. The zero-order chi connectivity index (χ0) is 14.0. The van der Waals surface area contributed by atoms with E-state index in [1.54, 1.807) is 0 Å². The van der Waals surface area contributed by atoms with Gasteiger partial charge in [-0.1, -0.05) is 19.4 Å². The smallest absolute Gasteiger partial charge is 0.287 e. The van der Waals surface area contributed by atoms with Gasteiger partial charge in [0.15, 0.2) is 6.04 Å². The van der Waals surface area contributed by atoms with E-state index in [1.807, 2.05) is 0 Å². The molecule has 0 bridgehead atoms. The van der Waals surface area contributed by atoms with Crippen LogP contribution < -0.4 is 0 Å². The fourth-order valence-corrected chi connectivity index (χ4v) is 2.23. The lowest BCUT2D eigenvalue weighted by atomic mass is 10.0. The number of halogens is 5. The molecule has 1 atom stereocenters. The Morgan fingerprint density at radius 1 is 1.00 bits per heavy atom. The van der Waals surface area contributed by atoms with Gasteiger partial charge in [0.05, 0.1) is 0 Å². The summed E-state index contributed by atoms with van der Waals surface area (Å²) in [6.07, 6.45) is -2.32. The van der Waals surface area contributed by atoms with Gasteiger partial charge in [0.25, 0.3) is 5.92 Å². The van der Waals surface area contributed by atoms with Crippen LogP contribution in [0.4, 0.5) is 22.0 Å². The Labute approximate surface area is 104 Å². The molecule has 106 valence electrons. The molecule has 0 N–H and O–H groups in total. The van der Waals surface area contributed by atoms with Gasteiger partial charge in [-0.05, 0) is 38.4 Å². The van der Waals surface area contributed by atoms with Crippen molar-refractivity contribution in [3.63, 3.8) is 0 Å². The lowest BCUT2D eigenvalue weighted by Crippen LogP contribution is -2.57. The van der Waals surface area contributed by atoms with E-state index in [-0.39, 0.29) is 13.1 Å².